The highest BCUT2D eigenvalue weighted by molar-refractivity contribution is 5.77. The van der Waals surface area contributed by atoms with Crippen LogP contribution in [0.2, 0.25) is 0 Å². The van der Waals surface area contributed by atoms with Crippen molar-refractivity contribution in [2.45, 2.75) is 12.8 Å². The maximum absolute atomic E-state index is 10.7. The van der Waals surface area contributed by atoms with Crippen molar-refractivity contribution >= 4 is 5.91 Å². The van der Waals surface area contributed by atoms with Crippen molar-refractivity contribution in [2.24, 2.45) is 0 Å². The quantitative estimate of drug-likeness (QED) is 0.422. The lowest BCUT2D eigenvalue weighted by Crippen LogP contribution is -2.23. The van der Waals surface area contributed by atoms with E-state index in [1.165, 1.54) is 0 Å². The summed E-state index contributed by atoms with van der Waals surface area (Å²) in [6, 6.07) is 0. The molecule has 10 heavy (non-hydrogen) atoms. The molecule has 0 aromatic carbocycles. The molecule has 0 saturated carbocycles. The molecule has 0 aliphatic rings. The highest BCUT2D eigenvalue weighted by Gasteiger charge is 1.93. The molecule has 58 valence electrons. The Morgan fingerprint density at radius 2 is 2.40 bits per heavy atom. The Bertz CT molecular complexity index is 112. The van der Waals surface area contributed by atoms with E-state index in [9.17, 15) is 4.79 Å². The van der Waals surface area contributed by atoms with Crippen LogP contribution in [0.3, 0.4) is 0 Å². The summed E-state index contributed by atoms with van der Waals surface area (Å²) < 4.78 is 0. The molecular formula is C7H13NO2. The predicted octanol–water partition coefficient (Wildman–Crippen LogP) is 0.0611. The van der Waals surface area contributed by atoms with Crippen LogP contribution in [0.4, 0.5) is 0 Å². The number of amides is 1. The Labute approximate surface area is 60.7 Å². The van der Waals surface area contributed by atoms with Gasteiger partial charge in [-0.2, -0.15) is 0 Å². The van der Waals surface area contributed by atoms with Gasteiger partial charge in [0.1, 0.15) is 0 Å². The van der Waals surface area contributed by atoms with E-state index in [0.29, 0.717) is 19.4 Å². The van der Waals surface area contributed by atoms with E-state index in [0.717, 1.165) is 0 Å². The van der Waals surface area contributed by atoms with Crippen LogP contribution in [0.15, 0.2) is 12.7 Å². The van der Waals surface area contributed by atoms with Crippen molar-refractivity contribution in [3.63, 3.8) is 0 Å². The van der Waals surface area contributed by atoms with Gasteiger partial charge in [-0.15, -0.1) is 6.58 Å². The summed E-state index contributed by atoms with van der Waals surface area (Å²) in [6.45, 7) is 4.08. The maximum atomic E-state index is 10.7. The number of aliphatic hydroxyl groups excluding tert-OH is 1. The fourth-order valence-corrected chi connectivity index (χ4v) is 0.510. The molecule has 0 aromatic rings. The van der Waals surface area contributed by atoms with Crippen molar-refractivity contribution < 1.29 is 9.90 Å². The lowest BCUT2D eigenvalue weighted by Gasteiger charge is -1.99. The fourth-order valence-electron chi connectivity index (χ4n) is 0.510. The fraction of sp³-hybridized carbons (Fsp3) is 0.571. The smallest absolute Gasteiger partial charge is 0.223 e. The van der Waals surface area contributed by atoms with Crippen LogP contribution in [0.25, 0.3) is 0 Å². The molecule has 0 atom stereocenters. The highest BCUT2D eigenvalue weighted by atomic mass is 16.3. The van der Waals surface area contributed by atoms with Crippen LogP contribution in [-0.2, 0) is 4.79 Å². The third-order valence-electron chi connectivity index (χ3n) is 0.987. The van der Waals surface area contributed by atoms with Crippen molar-refractivity contribution in [3.05, 3.63) is 12.7 Å². The molecule has 0 rings (SSSR count). The molecule has 0 radical (unpaired) electrons. The second-order valence-electron chi connectivity index (χ2n) is 1.92. The SMILES string of the molecule is C=CCC(=O)NCCCO. The zero-order chi connectivity index (χ0) is 7.82. The Hall–Kier alpha value is -0.830. The van der Waals surface area contributed by atoms with Crippen LogP contribution < -0.4 is 5.32 Å². The van der Waals surface area contributed by atoms with E-state index in [1.807, 2.05) is 0 Å². The van der Waals surface area contributed by atoms with E-state index >= 15 is 0 Å². The highest BCUT2D eigenvalue weighted by Crippen LogP contribution is 1.79. The van der Waals surface area contributed by atoms with E-state index in [1.54, 1.807) is 6.08 Å². The zero-order valence-electron chi connectivity index (χ0n) is 5.97. The van der Waals surface area contributed by atoms with Gasteiger partial charge in [0.25, 0.3) is 0 Å². The lowest BCUT2D eigenvalue weighted by molar-refractivity contribution is -0.120. The molecule has 0 spiro atoms. The van der Waals surface area contributed by atoms with E-state index in [-0.39, 0.29) is 12.5 Å². The Balaban J connectivity index is 3.13. The van der Waals surface area contributed by atoms with E-state index in [4.69, 9.17) is 5.11 Å². The van der Waals surface area contributed by atoms with Gasteiger partial charge >= 0.3 is 0 Å². The number of rotatable bonds is 5. The van der Waals surface area contributed by atoms with Gasteiger partial charge < -0.3 is 10.4 Å². The normalized spacial score (nSPS) is 8.90. The lowest BCUT2D eigenvalue weighted by atomic mass is 10.4. The summed E-state index contributed by atoms with van der Waals surface area (Å²) in [6.07, 6.45) is 2.52. The van der Waals surface area contributed by atoms with Gasteiger partial charge in [0.2, 0.25) is 5.91 Å². The maximum Gasteiger partial charge on any atom is 0.223 e. The van der Waals surface area contributed by atoms with Gasteiger partial charge in [-0.3, -0.25) is 4.79 Å². The topological polar surface area (TPSA) is 49.3 Å². The third kappa shape index (κ3) is 5.31. The molecule has 1 amide bonds. The molecular weight excluding hydrogens is 130 g/mol. The van der Waals surface area contributed by atoms with Gasteiger partial charge in [-0.25, -0.2) is 0 Å². The number of carbonyl (C=O) groups excluding carboxylic acids is 1. The average Bonchev–Trinajstić information content (AvgIpc) is 1.89. The molecule has 3 heteroatoms. The van der Waals surface area contributed by atoms with Crippen LogP contribution in [-0.4, -0.2) is 24.2 Å². The molecule has 0 bridgehead atoms. The third-order valence-corrected chi connectivity index (χ3v) is 0.987. The molecule has 0 heterocycles. The van der Waals surface area contributed by atoms with Crippen LogP contribution in [0.1, 0.15) is 12.8 Å². The van der Waals surface area contributed by atoms with E-state index < -0.39 is 0 Å². The minimum absolute atomic E-state index is 0.0385. The summed E-state index contributed by atoms with van der Waals surface area (Å²) in [5.41, 5.74) is 0. The largest absolute Gasteiger partial charge is 0.396 e. The first-order valence-corrected chi connectivity index (χ1v) is 3.29. The second kappa shape index (κ2) is 6.29. The summed E-state index contributed by atoms with van der Waals surface area (Å²) in [5.74, 6) is -0.0385. The minimum atomic E-state index is -0.0385. The van der Waals surface area contributed by atoms with Gasteiger partial charge in [0.05, 0.1) is 0 Å². The Morgan fingerprint density at radius 1 is 1.70 bits per heavy atom. The molecule has 0 aliphatic heterocycles. The Kier molecular flexibility index (Phi) is 5.77. The molecule has 0 unspecified atom stereocenters. The number of hydrogen-bond acceptors (Lipinski definition) is 2. The van der Waals surface area contributed by atoms with Gasteiger partial charge in [0.15, 0.2) is 0 Å². The Morgan fingerprint density at radius 3 is 2.90 bits per heavy atom. The second-order valence-corrected chi connectivity index (χ2v) is 1.92. The molecule has 0 aliphatic carbocycles. The number of nitrogens with one attached hydrogen (secondary N) is 1. The summed E-state index contributed by atoms with van der Waals surface area (Å²) in [7, 11) is 0. The van der Waals surface area contributed by atoms with Crippen molar-refractivity contribution in [1.29, 1.82) is 0 Å². The first kappa shape index (κ1) is 9.17. The summed E-state index contributed by atoms with van der Waals surface area (Å²) >= 11 is 0. The van der Waals surface area contributed by atoms with Gasteiger partial charge in [-0.05, 0) is 6.42 Å². The van der Waals surface area contributed by atoms with Crippen molar-refractivity contribution in [1.82, 2.24) is 5.32 Å². The molecule has 0 saturated heterocycles. The van der Waals surface area contributed by atoms with Crippen LogP contribution in [0.5, 0.6) is 0 Å². The van der Waals surface area contributed by atoms with Gasteiger partial charge in [0, 0.05) is 19.6 Å². The molecule has 2 N–H and O–H groups in total. The first-order chi connectivity index (χ1) is 4.81. The van der Waals surface area contributed by atoms with Crippen LogP contribution >= 0.6 is 0 Å². The average molecular weight is 143 g/mol. The number of hydrogen-bond donors (Lipinski definition) is 2. The zero-order valence-corrected chi connectivity index (χ0v) is 5.97. The van der Waals surface area contributed by atoms with Crippen molar-refractivity contribution in [3.8, 4) is 0 Å². The monoisotopic (exact) mass is 143 g/mol. The first-order valence-electron chi connectivity index (χ1n) is 3.29. The van der Waals surface area contributed by atoms with Crippen molar-refractivity contribution in [2.75, 3.05) is 13.2 Å². The number of aliphatic hydroxyl groups is 1. The minimum Gasteiger partial charge on any atom is -0.396 e. The predicted molar refractivity (Wildman–Crippen MR) is 39.5 cm³/mol. The number of carbonyl (C=O) groups is 1. The molecule has 3 nitrogen and oxygen atoms in total. The van der Waals surface area contributed by atoms with Gasteiger partial charge in [-0.1, -0.05) is 6.08 Å². The summed E-state index contributed by atoms with van der Waals surface area (Å²) in [4.78, 5) is 10.7. The van der Waals surface area contributed by atoms with E-state index in [2.05, 4.69) is 11.9 Å². The van der Waals surface area contributed by atoms with Crippen LogP contribution in [0, 0.1) is 0 Å². The summed E-state index contributed by atoms with van der Waals surface area (Å²) in [5, 5.41) is 11.0. The molecule has 0 aromatic heterocycles. The molecule has 0 fully saturated rings. The standard InChI is InChI=1S/C7H13NO2/c1-2-4-7(10)8-5-3-6-9/h2,9H,1,3-6H2,(H,8,10).